The van der Waals surface area contributed by atoms with Crippen molar-refractivity contribution in [2.24, 2.45) is 0 Å². The summed E-state index contributed by atoms with van der Waals surface area (Å²) in [5.74, 6) is 0. The molecule has 0 unspecified atom stereocenters. The van der Waals surface area contributed by atoms with Crippen molar-refractivity contribution in [3.63, 3.8) is 0 Å². The normalized spacial score (nSPS) is 10.1. The van der Waals surface area contributed by atoms with Crippen LogP contribution in [-0.4, -0.2) is 7.05 Å². The van der Waals surface area contributed by atoms with Crippen LogP contribution in [0.25, 0.3) is 11.1 Å². The largest absolute Gasteiger partial charge is 0.399 e. The van der Waals surface area contributed by atoms with E-state index in [1.165, 1.54) is 0 Å². The zero-order chi connectivity index (χ0) is 11.5. The topological polar surface area (TPSA) is 64.1 Å². The number of hydrogen-bond donors (Lipinski definition) is 3. The lowest BCUT2D eigenvalue weighted by atomic mass is 10.0. The first kappa shape index (κ1) is 10.4. The lowest BCUT2D eigenvalue weighted by Gasteiger charge is -2.10. The Morgan fingerprint density at radius 2 is 1.62 bits per heavy atom. The van der Waals surface area contributed by atoms with Crippen LogP contribution in [0.15, 0.2) is 42.5 Å². The number of benzene rings is 2. The van der Waals surface area contributed by atoms with Gasteiger partial charge in [-0.2, -0.15) is 0 Å². The Morgan fingerprint density at radius 1 is 0.938 bits per heavy atom. The summed E-state index contributed by atoms with van der Waals surface area (Å²) in [6.07, 6.45) is 0. The fraction of sp³-hybridized carbons (Fsp3) is 0.0769. The molecule has 82 valence electrons. The number of para-hydroxylation sites is 1. The Morgan fingerprint density at radius 3 is 2.25 bits per heavy atom. The third-order valence-electron chi connectivity index (χ3n) is 2.60. The summed E-state index contributed by atoms with van der Waals surface area (Å²) in [7, 11) is 1.86. The van der Waals surface area contributed by atoms with Gasteiger partial charge in [-0.3, -0.25) is 0 Å². The average Bonchev–Trinajstić information content (AvgIpc) is 2.31. The van der Waals surface area contributed by atoms with E-state index in [9.17, 15) is 0 Å². The van der Waals surface area contributed by atoms with E-state index in [0.29, 0.717) is 0 Å². The van der Waals surface area contributed by atoms with Crippen molar-refractivity contribution in [2.45, 2.75) is 0 Å². The quantitative estimate of drug-likeness (QED) is 0.672. The molecule has 0 radical (unpaired) electrons. The number of anilines is 3. The van der Waals surface area contributed by atoms with Gasteiger partial charge in [0.25, 0.3) is 0 Å². The number of rotatable bonds is 2. The van der Waals surface area contributed by atoms with Crippen LogP contribution < -0.4 is 16.8 Å². The van der Waals surface area contributed by atoms with Crippen LogP contribution in [0.2, 0.25) is 0 Å². The molecule has 0 amide bonds. The van der Waals surface area contributed by atoms with Gasteiger partial charge in [0.1, 0.15) is 0 Å². The number of hydrogen-bond acceptors (Lipinski definition) is 3. The molecule has 0 aliphatic rings. The molecule has 0 saturated heterocycles. The van der Waals surface area contributed by atoms with E-state index in [2.05, 4.69) is 5.32 Å². The fourth-order valence-electron chi connectivity index (χ4n) is 1.70. The van der Waals surface area contributed by atoms with Crippen molar-refractivity contribution in [3.05, 3.63) is 42.5 Å². The van der Waals surface area contributed by atoms with E-state index in [1.807, 2.05) is 49.5 Å². The van der Waals surface area contributed by atoms with Gasteiger partial charge in [0.2, 0.25) is 0 Å². The molecule has 0 aliphatic heterocycles. The summed E-state index contributed by atoms with van der Waals surface area (Å²) < 4.78 is 0. The SMILES string of the molecule is CNc1cccc(-c2ccc(N)cc2)c1N. The molecule has 0 heterocycles. The summed E-state index contributed by atoms with van der Waals surface area (Å²) >= 11 is 0. The van der Waals surface area contributed by atoms with E-state index in [4.69, 9.17) is 11.5 Å². The zero-order valence-corrected chi connectivity index (χ0v) is 9.20. The lowest BCUT2D eigenvalue weighted by Crippen LogP contribution is -1.97. The standard InChI is InChI=1S/C13H15N3/c1-16-12-4-2-3-11(13(12)15)9-5-7-10(14)8-6-9/h2-8,16H,14-15H2,1H3. The first-order chi connectivity index (χ1) is 7.72. The van der Waals surface area contributed by atoms with Gasteiger partial charge in [0.05, 0.1) is 11.4 Å². The molecule has 0 fully saturated rings. The Kier molecular flexibility index (Phi) is 2.68. The van der Waals surface area contributed by atoms with Gasteiger partial charge in [-0.05, 0) is 23.8 Å². The molecule has 0 spiro atoms. The minimum absolute atomic E-state index is 0.757. The summed E-state index contributed by atoms with van der Waals surface area (Å²) in [5.41, 5.74) is 16.3. The van der Waals surface area contributed by atoms with Crippen LogP contribution in [-0.2, 0) is 0 Å². The second kappa shape index (κ2) is 4.14. The highest BCUT2D eigenvalue weighted by Crippen LogP contribution is 2.31. The highest BCUT2D eigenvalue weighted by Gasteiger charge is 2.05. The van der Waals surface area contributed by atoms with Gasteiger partial charge in [-0.15, -0.1) is 0 Å². The molecule has 3 heteroatoms. The Hall–Kier alpha value is -2.16. The minimum atomic E-state index is 0.757. The van der Waals surface area contributed by atoms with Gasteiger partial charge in [0.15, 0.2) is 0 Å². The van der Waals surface area contributed by atoms with Gasteiger partial charge < -0.3 is 16.8 Å². The molecule has 3 nitrogen and oxygen atoms in total. The zero-order valence-electron chi connectivity index (χ0n) is 9.20. The van der Waals surface area contributed by atoms with Crippen molar-refractivity contribution in [2.75, 3.05) is 23.8 Å². The third-order valence-corrected chi connectivity index (χ3v) is 2.60. The number of nitrogen functional groups attached to an aromatic ring is 2. The molecule has 2 aromatic carbocycles. The fourth-order valence-corrected chi connectivity index (χ4v) is 1.70. The van der Waals surface area contributed by atoms with E-state index < -0.39 is 0 Å². The monoisotopic (exact) mass is 213 g/mol. The Labute approximate surface area is 95.1 Å². The first-order valence-electron chi connectivity index (χ1n) is 5.14. The third kappa shape index (κ3) is 1.80. The molecule has 0 aliphatic carbocycles. The lowest BCUT2D eigenvalue weighted by molar-refractivity contribution is 1.50. The van der Waals surface area contributed by atoms with E-state index in [0.717, 1.165) is 28.2 Å². The maximum absolute atomic E-state index is 6.07. The van der Waals surface area contributed by atoms with Gasteiger partial charge in [-0.25, -0.2) is 0 Å². The molecule has 0 atom stereocenters. The highest BCUT2D eigenvalue weighted by atomic mass is 14.8. The van der Waals surface area contributed by atoms with Crippen LogP contribution in [0.1, 0.15) is 0 Å². The van der Waals surface area contributed by atoms with Crippen LogP contribution >= 0.6 is 0 Å². The van der Waals surface area contributed by atoms with Crippen LogP contribution in [0, 0.1) is 0 Å². The second-order valence-corrected chi connectivity index (χ2v) is 3.64. The molecular weight excluding hydrogens is 198 g/mol. The van der Waals surface area contributed by atoms with Crippen molar-refractivity contribution in [1.29, 1.82) is 0 Å². The minimum Gasteiger partial charge on any atom is -0.399 e. The van der Waals surface area contributed by atoms with E-state index in [1.54, 1.807) is 0 Å². The smallest absolute Gasteiger partial charge is 0.0629 e. The highest BCUT2D eigenvalue weighted by molar-refractivity contribution is 5.85. The molecule has 0 bridgehead atoms. The average molecular weight is 213 g/mol. The van der Waals surface area contributed by atoms with E-state index >= 15 is 0 Å². The summed E-state index contributed by atoms with van der Waals surface area (Å²) in [6.45, 7) is 0. The molecule has 5 N–H and O–H groups in total. The maximum atomic E-state index is 6.07. The van der Waals surface area contributed by atoms with Crippen molar-refractivity contribution in [1.82, 2.24) is 0 Å². The molecule has 16 heavy (non-hydrogen) atoms. The van der Waals surface area contributed by atoms with E-state index in [-0.39, 0.29) is 0 Å². The van der Waals surface area contributed by atoms with Crippen molar-refractivity contribution >= 4 is 17.1 Å². The molecule has 0 aromatic heterocycles. The van der Waals surface area contributed by atoms with Crippen LogP contribution in [0.4, 0.5) is 17.1 Å². The molecule has 0 saturated carbocycles. The molecule has 2 aromatic rings. The predicted octanol–water partition coefficient (Wildman–Crippen LogP) is 2.56. The van der Waals surface area contributed by atoms with Crippen molar-refractivity contribution in [3.8, 4) is 11.1 Å². The summed E-state index contributed by atoms with van der Waals surface area (Å²) in [6, 6.07) is 13.6. The first-order valence-corrected chi connectivity index (χ1v) is 5.14. The van der Waals surface area contributed by atoms with Gasteiger partial charge in [-0.1, -0.05) is 24.3 Å². The number of nitrogens with one attached hydrogen (secondary N) is 1. The number of nitrogens with two attached hydrogens (primary N) is 2. The van der Waals surface area contributed by atoms with Gasteiger partial charge >= 0.3 is 0 Å². The Bertz CT molecular complexity index is 489. The van der Waals surface area contributed by atoms with Crippen molar-refractivity contribution < 1.29 is 0 Å². The Balaban J connectivity index is 2.51. The van der Waals surface area contributed by atoms with Crippen LogP contribution in [0.5, 0.6) is 0 Å². The summed E-state index contributed by atoms with van der Waals surface area (Å²) in [5, 5.41) is 3.07. The predicted molar refractivity (Wildman–Crippen MR) is 70.2 cm³/mol. The second-order valence-electron chi connectivity index (χ2n) is 3.64. The molecular formula is C13H15N3. The molecule has 2 rings (SSSR count). The summed E-state index contributed by atoms with van der Waals surface area (Å²) in [4.78, 5) is 0. The van der Waals surface area contributed by atoms with Gasteiger partial charge in [0, 0.05) is 18.3 Å². The van der Waals surface area contributed by atoms with Crippen LogP contribution in [0.3, 0.4) is 0 Å². The maximum Gasteiger partial charge on any atom is 0.0629 e.